The number of thioether (sulfide) groups is 4. The predicted octanol–water partition coefficient (Wildman–Crippen LogP) is 6.84. The minimum atomic E-state index is 0.177. The summed E-state index contributed by atoms with van der Waals surface area (Å²) in [6, 6.07) is 17.2. The van der Waals surface area contributed by atoms with Gasteiger partial charge in [0.15, 0.2) is 0 Å². The standard InChI is InChI=1S/C23H26S4/c1-17-12-20-14-21(13-17)23(26-10-3-11-27-23)16-19-6-4-18(5-7-19)15-22(20)24-8-2-9-25-22/h4-7,12-14H,2-3,8-11,15-16H2,1H3. The molecule has 0 atom stereocenters. The maximum Gasteiger partial charge on any atom is 0.0900 e. The fourth-order valence-electron chi connectivity index (χ4n) is 4.43. The van der Waals surface area contributed by atoms with Crippen molar-refractivity contribution in [1.82, 2.24) is 0 Å². The first kappa shape index (κ1) is 18.8. The summed E-state index contributed by atoms with van der Waals surface area (Å²) in [7, 11) is 0. The zero-order valence-corrected chi connectivity index (χ0v) is 19.1. The number of benzene rings is 2. The quantitative estimate of drug-likeness (QED) is 0.448. The molecule has 2 heterocycles. The van der Waals surface area contributed by atoms with Crippen LogP contribution in [0.25, 0.3) is 0 Å². The van der Waals surface area contributed by atoms with Crippen LogP contribution < -0.4 is 0 Å². The van der Waals surface area contributed by atoms with E-state index in [1.807, 2.05) is 0 Å². The molecule has 2 spiro atoms. The molecule has 0 aromatic heterocycles. The minimum Gasteiger partial charge on any atom is -0.139 e. The molecule has 0 unspecified atom stereocenters. The van der Waals surface area contributed by atoms with Crippen LogP contribution in [-0.2, 0) is 21.0 Å². The van der Waals surface area contributed by atoms with Gasteiger partial charge in [-0.2, -0.15) is 0 Å². The summed E-state index contributed by atoms with van der Waals surface area (Å²) in [6.07, 6.45) is 4.95. The van der Waals surface area contributed by atoms with Crippen LogP contribution in [0.5, 0.6) is 0 Å². The van der Waals surface area contributed by atoms with E-state index in [1.54, 1.807) is 11.1 Å². The van der Waals surface area contributed by atoms with Crippen LogP contribution in [0.4, 0.5) is 0 Å². The van der Waals surface area contributed by atoms with E-state index < -0.39 is 0 Å². The maximum absolute atomic E-state index is 2.59. The van der Waals surface area contributed by atoms with E-state index in [0.29, 0.717) is 0 Å². The third-order valence-electron chi connectivity index (χ3n) is 5.77. The summed E-state index contributed by atoms with van der Waals surface area (Å²) >= 11 is 8.75. The summed E-state index contributed by atoms with van der Waals surface area (Å²) in [5, 5.41) is 0. The highest BCUT2D eigenvalue weighted by Gasteiger charge is 2.40. The Morgan fingerprint density at radius 3 is 1.44 bits per heavy atom. The number of hydrogen-bond donors (Lipinski definition) is 0. The van der Waals surface area contributed by atoms with Crippen LogP contribution in [0.15, 0.2) is 42.5 Å². The molecule has 2 aliphatic carbocycles. The van der Waals surface area contributed by atoms with Crippen LogP contribution in [0.3, 0.4) is 0 Å². The molecule has 2 fully saturated rings. The molecule has 4 bridgehead atoms. The summed E-state index contributed by atoms with van der Waals surface area (Å²) in [5.74, 6) is 5.12. The van der Waals surface area contributed by atoms with Crippen molar-refractivity contribution in [2.75, 3.05) is 23.0 Å². The van der Waals surface area contributed by atoms with Gasteiger partial charge in [-0.05, 0) is 65.0 Å². The average molecular weight is 431 g/mol. The Balaban J connectivity index is 1.72. The van der Waals surface area contributed by atoms with Gasteiger partial charge in [0.2, 0.25) is 0 Å². The van der Waals surface area contributed by atoms with Crippen LogP contribution in [-0.4, -0.2) is 23.0 Å². The highest BCUT2D eigenvalue weighted by Crippen LogP contribution is 2.56. The highest BCUT2D eigenvalue weighted by atomic mass is 32.2. The van der Waals surface area contributed by atoms with E-state index in [9.17, 15) is 0 Å². The van der Waals surface area contributed by atoms with Crippen molar-refractivity contribution in [1.29, 1.82) is 0 Å². The zero-order valence-electron chi connectivity index (χ0n) is 15.8. The molecular weight excluding hydrogens is 405 g/mol. The van der Waals surface area contributed by atoms with Gasteiger partial charge >= 0.3 is 0 Å². The van der Waals surface area contributed by atoms with E-state index in [0.717, 1.165) is 12.8 Å². The lowest BCUT2D eigenvalue weighted by atomic mass is 9.98. The lowest BCUT2D eigenvalue weighted by Crippen LogP contribution is -2.28. The van der Waals surface area contributed by atoms with Gasteiger partial charge in [0.1, 0.15) is 0 Å². The summed E-state index contributed by atoms with van der Waals surface area (Å²) in [6.45, 7) is 2.30. The van der Waals surface area contributed by atoms with Crippen molar-refractivity contribution >= 4 is 47.0 Å². The Labute approximate surface area is 180 Å². The Hall–Kier alpha value is -0.160. The molecule has 2 aromatic rings. The molecule has 0 N–H and O–H groups in total. The maximum atomic E-state index is 2.59. The molecule has 0 radical (unpaired) electrons. The predicted molar refractivity (Wildman–Crippen MR) is 127 cm³/mol. The summed E-state index contributed by atoms with van der Waals surface area (Å²) in [5.41, 5.74) is 7.53. The first-order valence-electron chi connectivity index (χ1n) is 9.94. The zero-order chi connectivity index (χ0) is 18.3. The second-order valence-electron chi connectivity index (χ2n) is 7.86. The van der Waals surface area contributed by atoms with Crippen molar-refractivity contribution in [2.45, 2.75) is 40.8 Å². The van der Waals surface area contributed by atoms with Crippen molar-refractivity contribution in [3.8, 4) is 0 Å². The van der Waals surface area contributed by atoms with Gasteiger partial charge in [-0.15, -0.1) is 47.0 Å². The first-order chi connectivity index (χ1) is 13.2. The fourth-order valence-corrected chi connectivity index (χ4v) is 11.1. The second-order valence-corrected chi connectivity index (χ2v) is 14.0. The molecule has 2 saturated heterocycles. The Bertz CT molecular complexity index is 750. The molecule has 4 heteroatoms. The third-order valence-corrected chi connectivity index (χ3v) is 12.5. The summed E-state index contributed by atoms with van der Waals surface area (Å²) < 4.78 is 0.353. The fraction of sp³-hybridized carbons (Fsp3) is 0.478. The van der Waals surface area contributed by atoms with Gasteiger partial charge in [0.05, 0.1) is 8.16 Å². The Morgan fingerprint density at radius 1 is 0.630 bits per heavy atom. The van der Waals surface area contributed by atoms with Gasteiger partial charge in [-0.25, -0.2) is 0 Å². The van der Waals surface area contributed by atoms with Crippen LogP contribution >= 0.6 is 47.0 Å². The smallest absolute Gasteiger partial charge is 0.0900 e. The van der Waals surface area contributed by atoms with Crippen LogP contribution in [0.2, 0.25) is 0 Å². The molecule has 2 aromatic carbocycles. The average Bonchev–Trinajstić information content (AvgIpc) is 2.72. The third kappa shape index (κ3) is 3.60. The number of aryl methyl sites for hydroxylation is 1. The normalized spacial score (nSPS) is 23.3. The summed E-state index contributed by atoms with van der Waals surface area (Å²) in [4.78, 5) is 0. The molecule has 142 valence electrons. The van der Waals surface area contributed by atoms with Gasteiger partial charge in [-0.1, -0.05) is 48.0 Å². The largest absolute Gasteiger partial charge is 0.139 e. The van der Waals surface area contributed by atoms with Gasteiger partial charge in [-0.3, -0.25) is 0 Å². The lowest BCUT2D eigenvalue weighted by Gasteiger charge is -2.40. The van der Waals surface area contributed by atoms with Gasteiger partial charge < -0.3 is 0 Å². The van der Waals surface area contributed by atoms with Crippen molar-refractivity contribution in [2.24, 2.45) is 0 Å². The second kappa shape index (κ2) is 7.59. The number of fused-ring (bicyclic) bond motifs is 2. The minimum absolute atomic E-state index is 0.177. The van der Waals surface area contributed by atoms with E-state index >= 15 is 0 Å². The van der Waals surface area contributed by atoms with Crippen LogP contribution in [0, 0.1) is 6.92 Å². The molecule has 0 saturated carbocycles. The lowest BCUT2D eigenvalue weighted by molar-refractivity contribution is 0.830. The van der Waals surface area contributed by atoms with Gasteiger partial charge in [0.25, 0.3) is 0 Å². The molecule has 6 rings (SSSR count). The molecule has 4 aliphatic rings. The Kier molecular flexibility index (Phi) is 5.30. The highest BCUT2D eigenvalue weighted by molar-refractivity contribution is 8.18. The molecule has 0 amide bonds. The van der Waals surface area contributed by atoms with E-state index in [-0.39, 0.29) is 8.16 Å². The SMILES string of the molecule is Cc1cc2cc(c1)C1(Cc3ccc(cc3)CC23SCCCS3)SCCCS1. The van der Waals surface area contributed by atoms with Crippen molar-refractivity contribution in [3.05, 3.63) is 70.3 Å². The van der Waals surface area contributed by atoms with E-state index in [1.165, 1.54) is 52.5 Å². The number of hydrogen-bond acceptors (Lipinski definition) is 4. The van der Waals surface area contributed by atoms with Crippen molar-refractivity contribution in [3.63, 3.8) is 0 Å². The molecular formula is C23H26S4. The number of rotatable bonds is 0. The molecule has 27 heavy (non-hydrogen) atoms. The van der Waals surface area contributed by atoms with E-state index in [2.05, 4.69) is 96.4 Å². The first-order valence-corrected chi connectivity index (χ1v) is 13.9. The topological polar surface area (TPSA) is 0 Å². The molecule has 0 nitrogen and oxygen atoms in total. The van der Waals surface area contributed by atoms with Crippen molar-refractivity contribution < 1.29 is 0 Å². The van der Waals surface area contributed by atoms with Gasteiger partial charge in [0, 0.05) is 12.8 Å². The Morgan fingerprint density at radius 2 is 1.04 bits per heavy atom. The van der Waals surface area contributed by atoms with E-state index in [4.69, 9.17) is 0 Å². The van der Waals surface area contributed by atoms with Crippen LogP contribution in [0.1, 0.15) is 40.7 Å². The monoisotopic (exact) mass is 430 g/mol. The molecule has 2 aliphatic heterocycles.